The molecule has 0 aliphatic carbocycles. The first-order valence-corrected chi connectivity index (χ1v) is 6.67. The highest BCUT2D eigenvalue weighted by molar-refractivity contribution is 7.11. The zero-order valence-electron chi connectivity index (χ0n) is 10.0. The SMILES string of the molecule is Cc1cnc(CNC(=O)CN2CCNCC2)s1. The molecule has 2 N–H and O–H groups in total. The van der Waals surface area contributed by atoms with Gasteiger partial charge in [-0.25, -0.2) is 4.98 Å². The third-order valence-corrected chi connectivity index (χ3v) is 3.60. The minimum absolute atomic E-state index is 0.0831. The van der Waals surface area contributed by atoms with Crippen LogP contribution in [0, 0.1) is 6.92 Å². The summed E-state index contributed by atoms with van der Waals surface area (Å²) in [7, 11) is 0. The van der Waals surface area contributed by atoms with Crippen LogP contribution in [-0.4, -0.2) is 48.5 Å². The van der Waals surface area contributed by atoms with Crippen LogP contribution in [0.1, 0.15) is 9.88 Å². The van der Waals surface area contributed by atoms with Crippen LogP contribution in [0.2, 0.25) is 0 Å². The highest BCUT2D eigenvalue weighted by Gasteiger charge is 2.13. The van der Waals surface area contributed by atoms with Gasteiger partial charge in [0.25, 0.3) is 0 Å². The fraction of sp³-hybridized carbons (Fsp3) is 0.636. The van der Waals surface area contributed by atoms with Crippen LogP contribution in [-0.2, 0) is 11.3 Å². The molecule has 0 atom stereocenters. The van der Waals surface area contributed by atoms with Crippen LogP contribution in [0.25, 0.3) is 0 Å². The van der Waals surface area contributed by atoms with Gasteiger partial charge < -0.3 is 10.6 Å². The first kappa shape index (κ1) is 12.5. The van der Waals surface area contributed by atoms with Crippen LogP contribution in [0.3, 0.4) is 0 Å². The van der Waals surface area contributed by atoms with Crippen molar-refractivity contribution in [3.8, 4) is 0 Å². The Labute approximate surface area is 105 Å². The minimum atomic E-state index is 0.0831. The van der Waals surface area contributed by atoms with Crippen molar-refractivity contribution in [2.24, 2.45) is 0 Å². The molecule has 0 saturated carbocycles. The van der Waals surface area contributed by atoms with Gasteiger partial charge in [-0.3, -0.25) is 9.69 Å². The molecule has 1 fully saturated rings. The van der Waals surface area contributed by atoms with Crippen LogP contribution >= 0.6 is 11.3 Å². The number of thiazole rings is 1. The number of aryl methyl sites for hydroxylation is 1. The van der Waals surface area contributed by atoms with Gasteiger partial charge in [0.1, 0.15) is 5.01 Å². The molecule has 5 nitrogen and oxygen atoms in total. The molecule has 1 aromatic heterocycles. The Balaban J connectivity index is 1.70. The highest BCUT2D eigenvalue weighted by atomic mass is 32.1. The molecule has 0 radical (unpaired) electrons. The molecule has 0 spiro atoms. The first-order valence-electron chi connectivity index (χ1n) is 5.85. The van der Waals surface area contributed by atoms with E-state index in [1.165, 1.54) is 4.88 Å². The minimum Gasteiger partial charge on any atom is -0.348 e. The normalized spacial score (nSPS) is 17.0. The van der Waals surface area contributed by atoms with E-state index in [9.17, 15) is 4.79 Å². The lowest BCUT2D eigenvalue weighted by Crippen LogP contribution is -2.47. The topological polar surface area (TPSA) is 57.3 Å². The van der Waals surface area contributed by atoms with Crippen molar-refractivity contribution in [2.45, 2.75) is 13.5 Å². The molecule has 1 saturated heterocycles. The van der Waals surface area contributed by atoms with Gasteiger partial charge in [-0.1, -0.05) is 0 Å². The van der Waals surface area contributed by atoms with E-state index in [0.717, 1.165) is 31.2 Å². The van der Waals surface area contributed by atoms with Crippen molar-refractivity contribution in [2.75, 3.05) is 32.7 Å². The Morgan fingerprint density at radius 1 is 1.59 bits per heavy atom. The van der Waals surface area contributed by atoms with Gasteiger partial charge in [0.05, 0.1) is 13.1 Å². The number of hydrogen-bond donors (Lipinski definition) is 2. The zero-order chi connectivity index (χ0) is 12.1. The number of piperazine rings is 1. The average molecular weight is 254 g/mol. The van der Waals surface area contributed by atoms with Gasteiger partial charge in [-0.15, -0.1) is 11.3 Å². The third kappa shape index (κ3) is 4.07. The highest BCUT2D eigenvalue weighted by Crippen LogP contribution is 2.10. The van der Waals surface area contributed by atoms with E-state index < -0.39 is 0 Å². The number of hydrogen-bond acceptors (Lipinski definition) is 5. The molecule has 94 valence electrons. The van der Waals surface area contributed by atoms with Gasteiger partial charge >= 0.3 is 0 Å². The van der Waals surface area contributed by atoms with Gasteiger partial charge in [0.2, 0.25) is 5.91 Å². The van der Waals surface area contributed by atoms with Crippen molar-refractivity contribution in [3.05, 3.63) is 16.1 Å². The van der Waals surface area contributed by atoms with Crippen molar-refractivity contribution in [1.29, 1.82) is 0 Å². The first-order chi connectivity index (χ1) is 8.24. The molecule has 17 heavy (non-hydrogen) atoms. The Hall–Kier alpha value is -0.980. The molecular weight excluding hydrogens is 236 g/mol. The van der Waals surface area contributed by atoms with Crippen LogP contribution in [0.15, 0.2) is 6.20 Å². The molecule has 0 bridgehead atoms. The second kappa shape index (κ2) is 6.09. The predicted octanol–water partition coefficient (Wildman–Crippen LogP) is -0.0271. The molecule has 0 aromatic carbocycles. The molecule has 6 heteroatoms. The largest absolute Gasteiger partial charge is 0.348 e. The molecule has 2 rings (SSSR count). The van der Waals surface area contributed by atoms with E-state index >= 15 is 0 Å². The molecule has 1 aromatic rings. The fourth-order valence-electron chi connectivity index (χ4n) is 1.79. The molecular formula is C11H18N4OS. The van der Waals surface area contributed by atoms with Crippen molar-refractivity contribution in [1.82, 2.24) is 20.5 Å². The number of carbonyl (C=O) groups excluding carboxylic acids is 1. The van der Waals surface area contributed by atoms with Crippen LogP contribution in [0.5, 0.6) is 0 Å². The van der Waals surface area contributed by atoms with Crippen molar-refractivity contribution in [3.63, 3.8) is 0 Å². The maximum atomic E-state index is 11.7. The number of rotatable bonds is 4. The van der Waals surface area contributed by atoms with Gasteiger partial charge in [-0.2, -0.15) is 0 Å². The van der Waals surface area contributed by atoms with Crippen LogP contribution < -0.4 is 10.6 Å². The third-order valence-electron chi connectivity index (χ3n) is 2.68. The maximum absolute atomic E-state index is 11.7. The van der Waals surface area contributed by atoms with Gasteiger partial charge in [0, 0.05) is 37.3 Å². The predicted molar refractivity (Wildman–Crippen MR) is 68.0 cm³/mol. The van der Waals surface area contributed by atoms with Gasteiger partial charge in [0.15, 0.2) is 0 Å². The lowest BCUT2D eigenvalue weighted by molar-refractivity contribution is -0.122. The fourth-order valence-corrected chi connectivity index (χ4v) is 2.51. The Bertz CT molecular complexity index is 373. The number of nitrogens with zero attached hydrogens (tertiary/aromatic N) is 2. The second-order valence-electron chi connectivity index (χ2n) is 4.17. The summed E-state index contributed by atoms with van der Waals surface area (Å²) in [6.45, 7) is 6.89. The number of amides is 1. The molecule has 1 amide bonds. The van der Waals surface area contributed by atoms with Crippen molar-refractivity contribution >= 4 is 17.2 Å². The zero-order valence-corrected chi connectivity index (χ0v) is 10.8. The van der Waals surface area contributed by atoms with Gasteiger partial charge in [-0.05, 0) is 6.92 Å². The van der Waals surface area contributed by atoms with E-state index in [0.29, 0.717) is 13.1 Å². The lowest BCUT2D eigenvalue weighted by Gasteiger charge is -2.26. The second-order valence-corrected chi connectivity index (χ2v) is 5.49. The van der Waals surface area contributed by atoms with E-state index in [-0.39, 0.29) is 5.91 Å². The average Bonchev–Trinajstić information content (AvgIpc) is 2.74. The summed E-state index contributed by atoms with van der Waals surface area (Å²) in [5.41, 5.74) is 0. The quantitative estimate of drug-likeness (QED) is 0.792. The van der Waals surface area contributed by atoms with E-state index in [4.69, 9.17) is 0 Å². The molecule has 0 unspecified atom stereocenters. The monoisotopic (exact) mass is 254 g/mol. The smallest absolute Gasteiger partial charge is 0.234 e. The summed E-state index contributed by atoms with van der Waals surface area (Å²) in [5, 5.41) is 7.14. The van der Waals surface area contributed by atoms with E-state index in [1.807, 2.05) is 13.1 Å². The Morgan fingerprint density at radius 3 is 3.00 bits per heavy atom. The number of carbonyl (C=O) groups is 1. The lowest BCUT2D eigenvalue weighted by atomic mass is 10.3. The summed E-state index contributed by atoms with van der Waals surface area (Å²) < 4.78 is 0. The van der Waals surface area contributed by atoms with E-state index in [2.05, 4.69) is 20.5 Å². The summed E-state index contributed by atoms with van der Waals surface area (Å²) in [6.07, 6.45) is 1.84. The standard InChI is InChI=1S/C11H18N4OS/c1-9-6-14-11(17-9)7-13-10(16)8-15-4-2-12-3-5-15/h6,12H,2-5,7-8H2,1H3,(H,13,16). The Kier molecular flexibility index (Phi) is 4.47. The van der Waals surface area contributed by atoms with Crippen molar-refractivity contribution < 1.29 is 4.79 Å². The summed E-state index contributed by atoms with van der Waals surface area (Å²) in [5.74, 6) is 0.0831. The Morgan fingerprint density at radius 2 is 2.35 bits per heavy atom. The molecule has 2 heterocycles. The maximum Gasteiger partial charge on any atom is 0.234 e. The summed E-state index contributed by atoms with van der Waals surface area (Å²) in [4.78, 5) is 19.3. The number of nitrogens with one attached hydrogen (secondary N) is 2. The summed E-state index contributed by atoms with van der Waals surface area (Å²) >= 11 is 1.63. The van der Waals surface area contributed by atoms with E-state index in [1.54, 1.807) is 11.3 Å². The summed E-state index contributed by atoms with van der Waals surface area (Å²) in [6, 6.07) is 0. The molecule has 1 aliphatic heterocycles. The molecule has 1 aliphatic rings. The number of aromatic nitrogens is 1. The van der Waals surface area contributed by atoms with Crippen LogP contribution in [0.4, 0.5) is 0 Å².